The van der Waals surface area contributed by atoms with Crippen LogP contribution in [0.1, 0.15) is 23.1 Å². The monoisotopic (exact) mass is 368 g/mol. The summed E-state index contributed by atoms with van der Waals surface area (Å²) >= 11 is -0.456. The van der Waals surface area contributed by atoms with E-state index in [2.05, 4.69) is 10.3 Å². The number of aromatic nitrogens is 1. The van der Waals surface area contributed by atoms with Gasteiger partial charge in [0.25, 0.3) is 11.8 Å². The van der Waals surface area contributed by atoms with Crippen LogP contribution in [-0.4, -0.2) is 20.3 Å². The van der Waals surface area contributed by atoms with Crippen molar-refractivity contribution in [1.82, 2.24) is 10.3 Å². The van der Waals surface area contributed by atoms with Gasteiger partial charge < -0.3 is 0 Å². The summed E-state index contributed by atoms with van der Waals surface area (Å²) in [6.45, 7) is 3.80. The van der Waals surface area contributed by atoms with Crippen molar-refractivity contribution in [2.45, 2.75) is 13.8 Å². The van der Waals surface area contributed by atoms with Crippen LogP contribution in [0.3, 0.4) is 0 Å². The van der Waals surface area contributed by atoms with Gasteiger partial charge in [-0.3, -0.25) is 14.9 Å². The van der Waals surface area contributed by atoms with Crippen LogP contribution in [0.25, 0.3) is 0 Å². The molecule has 4 nitrogen and oxygen atoms in total. The van der Waals surface area contributed by atoms with Crippen LogP contribution in [0.4, 0.5) is 0 Å². The van der Waals surface area contributed by atoms with E-state index in [9.17, 15) is 9.59 Å². The maximum Gasteiger partial charge on any atom is 0.276 e. The lowest BCUT2D eigenvalue weighted by atomic mass is 10.3. The summed E-state index contributed by atoms with van der Waals surface area (Å²) in [6, 6.07) is 5.14. The van der Waals surface area contributed by atoms with Gasteiger partial charge in [0.1, 0.15) is 5.69 Å². The molecule has 1 N–H and O–H groups in total. The smallest absolute Gasteiger partial charge is 0.276 e. The van der Waals surface area contributed by atoms with Crippen LogP contribution in [0, 0.1) is 6.92 Å². The third-order valence-electron chi connectivity index (χ3n) is 2.38. The predicted octanol–water partition coefficient (Wildman–Crippen LogP) is 2.26. The molecule has 0 unspecified atom stereocenters. The highest BCUT2D eigenvalue weighted by atomic mass is 127. The van der Waals surface area contributed by atoms with Gasteiger partial charge >= 0.3 is 0 Å². The first-order chi connectivity index (χ1) is 9.06. The Hall–Kier alpha value is -1.63. The van der Waals surface area contributed by atoms with E-state index in [1.807, 2.05) is 19.1 Å². The molecule has 1 aliphatic heterocycles. The number of rotatable bonds is 2. The number of pyridine rings is 1. The van der Waals surface area contributed by atoms with Crippen LogP contribution in [-0.2, 0) is 4.79 Å². The van der Waals surface area contributed by atoms with Gasteiger partial charge in [-0.05, 0) is 35.6 Å². The number of aryl methyl sites for hydroxylation is 1. The second-order valence-corrected chi connectivity index (χ2v) is 7.41. The van der Waals surface area contributed by atoms with Crippen LogP contribution in [0.2, 0.25) is 0 Å². The molecule has 98 valence electrons. The summed E-state index contributed by atoms with van der Waals surface area (Å²) in [7, 11) is 0. The quantitative estimate of drug-likeness (QED) is 0.644. The molecule has 1 aromatic rings. The van der Waals surface area contributed by atoms with Crippen LogP contribution in [0.5, 0.6) is 0 Å². The van der Waals surface area contributed by atoms with Gasteiger partial charge in [-0.2, -0.15) is 0 Å². The van der Waals surface area contributed by atoms with Gasteiger partial charge in [0.2, 0.25) is 0 Å². The van der Waals surface area contributed by atoms with E-state index in [1.54, 1.807) is 31.2 Å². The molecule has 0 saturated carbocycles. The molecule has 0 aliphatic carbocycles. The lowest BCUT2D eigenvalue weighted by molar-refractivity contribution is -0.113. The molecule has 0 radical (unpaired) electrons. The Bertz CT molecular complexity index is 630. The highest BCUT2D eigenvalue weighted by Gasteiger charge is 2.15. The Labute approximate surface area is 121 Å². The molecule has 2 rings (SSSR count). The number of hydrogen-bond acceptors (Lipinski definition) is 3. The zero-order valence-corrected chi connectivity index (χ0v) is 12.8. The molecule has 0 spiro atoms. The molecule has 0 bridgehead atoms. The van der Waals surface area contributed by atoms with Crippen molar-refractivity contribution in [2.75, 3.05) is 0 Å². The molecule has 2 heterocycles. The SMILES string of the molecule is CC1=CC=CC(C(=O)NC(=O)c2cccc(C)n2)=I1. The Morgan fingerprint density at radius 2 is 2.00 bits per heavy atom. The maximum absolute atomic E-state index is 12.0. The highest BCUT2D eigenvalue weighted by molar-refractivity contribution is 14.2. The molecule has 0 aromatic carbocycles. The van der Waals surface area contributed by atoms with E-state index in [4.69, 9.17) is 0 Å². The first-order valence-electron chi connectivity index (χ1n) is 5.72. The number of allylic oxidation sites excluding steroid dienone is 3. The molecule has 2 amide bonds. The average molecular weight is 368 g/mol. The molecule has 1 aromatic heterocycles. The summed E-state index contributed by atoms with van der Waals surface area (Å²) in [5.41, 5.74) is 1.01. The zero-order valence-electron chi connectivity index (χ0n) is 10.6. The third-order valence-corrected chi connectivity index (χ3v) is 5.03. The molecule has 5 heteroatoms. The number of nitrogens with one attached hydrogen (secondary N) is 1. The third kappa shape index (κ3) is 3.66. The number of hydrogen-bond donors (Lipinski definition) is 1. The Kier molecular flexibility index (Phi) is 4.36. The molecule has 0 saturated heterocycles. The van der Waals surface area contributed by atoms with E-state index >= 15 is 0 Å². The van der Waals surface area contributed by atoms with Crippen LogP contribution >= 0.6 is 20.7 Å². The average Bonchev–Trinajstić information content (AvgIpc) is 2.38. The van der Waals surface area contributed by atoms with E-state index in [0.717, 1.165) is 5.69 Å². The minimum Gasteiger partial charge on any atom is -0.286 e. The highest BCUT2D eigenvalue weighted by Crippen LogP contribution is 2.19. The number of imide groups is 1. The molecule has 0 atom stereocenters. The molecule has 19 heavy (non-hydrogen) atoms. The van der Waals surface area contributed by atoms with Crippen molar-refractivity contribution < 1.29 is 9.59 Å². The van der Waals surface area contributed by atoms with E-state index < -0.39 is 26.6 Å². The number of carbonyl (C=O) groups is 2. The van der Waals surface area contributed by atoms with Crippen molar-refractivity contribution >= 4 is 36.1 Å². The van der Waals surface area contributed by atoms with Crippen molar-refractivity contribution in [2.24, 2.45) is 0 Å². The standard InChI is InChI=1S/C14H13IN2O2/c1-9-5-3-7-11(15-9)13(18)17-14(19)12-8-4-6-10(2)16-12/h3-8H,1-2H3,(H,17,18,19). The molecular weight excluding hydrogens is 355 g/mol. The van der Waals surface area contributed by atoms with Crippen molar-refractivity contribution in [3.8, 4) is 0 Å². The molecular formula is C14H13IN2O2. The first-order valence-corrected chi connectivity index (χ1v) is 7.88. The predicted molar refractivity (Wildman–Crippen MR) is 83.4 cm³/mol. The van der Waals surface area contributed by atoms with E-state index in [-0.39, 0.29) is 11.6 Å². The van der Waals surface area contributed by atoms with Crippen LogP contribution in [0.15, 0.2) is 40.0 Å². The summed E-state index contributed by atoms with van der Waals surface area (Å²) in [5.74, 6) is -0.768. The van der Waals surface area contributed by atoms with Crippen molar-refractivity contribution in [1.29, 1.82) is 0 Å². The Morgan fingerprint density at radius 3 is 2.68 bits per heavy atom. The second kappa shape index (κ2) is 6.01. The van der Waals surface area contributed by atoms with Crippen molar-refractivity contribution in [3.05, 3.63) is 51.4 Å². The largest absolute Gasteiger partial charge is 0.286 e. The summed E-state index contributed by atoms with van der Waals surface area (Å²) in [6.07, 6.45) is 5.60. The maximum atomic E-state index is 12.0. The van der Waals surface area contributed by atoms with Gasteiger partial charge in [-0.15, -0.1) is 0 Å². The number of nitrogens with zero attached hydrogens (tertiary/aromatic N) is 1. The zero-order chi connectivity index (χ0) is 13.8. The van der Waals surface area contributed by atoms with Gasteiger partial charge in [0.15, 0.2) is 0 Å². The van der Waals surface area contributed by atoms with Crippen molar-refractivity contribution in [3.63, 3.8) is 0 Å². The summed E-state index contributed by atoms with van der Waals surface area (Å²) in [4.78, 5) is 28.0. The number of amides is 2. The minimum absolute atomic E-state index is 0.263. The van der Waals surface area contributed by atoms with E-state index in [1.165, 1.54) is 3.58 Å². The fourth-order valence-electron chi connectivity index (χ4n) is 1.50. The second-order valence-electron chi connectivity index (χ2n) is 4.00. The van der Waals surface area contributed by atoms with Gasteiger partial charge in [0, 0.05) is 5.69 Å². The molecule has 1 aliphatic rings. The fraction of sp³-hybridized carbons (Fsp3) is 0.143. The summed E-state index contributed by atoms with van der Waals surface area (Å²) in [5, 5.41) is 2.39. The fourth-order valence-corrected chi connectivity index (χ4v) is 3.57. The lowest BCUT2D eigenvalue weighted by Gasteiger charge is -2.06. The first kappa shape index (κ1) is 13.8. The normalized spacial score (nSPS) is 14.0. The lowest BCUT2D eigenvalue weighted by Crippen LogP contribution is -2.35. The van der Waals surface area contributed by atoms with E-state index in [0.29, 0.717) is 3.51 Å². The summed E-state index contributed by atoms with van der Waals surface area (Å²) < 4.78 is 1.90. The van der Waals surface area contributed by atoms with Crippen LogP contribution < -0.4 is 5.32 Å². The minimum atomic E-state index is -0.456. The topological polar surface area (TPSA) is 59.1 Å². The van der Waals surface area contributed by atoms with Gasteiger partial charge in [0.05, 0.1) is 3.51 Å². The van der Waals surface area contributed by atoms with Gasteiger partial charge in [-0.25, -0.2) is 4.98 Å². The number of carbonyl (C=O) groups excluding carboxylic acids is 2. The van der Waals surface area contributed by atoms with Gasteiger partial charge in [-0.1, -0.05) is 38.9 Å². The Balaban J connectivity index is 2.10. The molecule has 0 fully saturated rings. The number of halogens is 1. The Morgan fingerprint density at radius 1 is 1.21 bits per heavy atom.